The van der Waals surface area contributed by atoms with Gasteiger partial charge in [-0.15, -0.1) is 0 Å². The molecule has 0 heterocycles. The summed E-state index contributed by atoms with van der Waals surface area (Å²) < 4.78 is 32.2. The van der Waals surface area contributed by atoms with Crippen LogP contribution in [0.3, 0.4) is 0 Å². The van der Waals surface area contributed by atoms with Crippen molar-refractivity contribution in [3.05, 3.63) is 35.4 Å². The van der Waals surface area contributed by atoms with Crippen LogP contribution in [0.2, 0.25) is 0 Å². The fourth-order valence-electron chi connectivity index (χ4n) is 2.82. The molecule has 3 atom stereocenters. The van der Waals surface area contributed by atoms with Gasteiger partial charge in [0.1, 0.15) is 17.7 Å². The Kier molecular flexibility index (Phi) is 5.56. The molecule has 1 fully saturated rings. The van der Waals surface area contributed by atoms with Gasteiger partial charge >= 0.3 is 0 Å². The zero-order valence-corrected chi connectivity index (χ0v) is 14.4. The zero-order valence-electron chi connectivity index (χ0n) is 14.4. The Morgan fingerprint density at radius 1 is 1.26 bits per heavy atom. The molecule has 0 amide bonds. The highest BCUT2D eigenvalue weighted by Gasteiger charge is 2.37. The van der Waals surface area contributed by atoms with Crippen LogP contribution in [0.5, 0.6) is 0 Å². The van der Waals surface area contributed by atoms with E-state index in [2.05, 4.69) is 6.92 Å². The number of benzene rings is 1. The van der Waals surface area contributed by atoms with E-state index in [4.69, 9.17) is 4.74 Å². The average Bonchev–Trinajstić information content (AvgIpc) is 3.06. The summed E-state index contributed by atoms with van der Waals surface area (Å²) in [6, 6.07) is 3.32. The van der Waals surface area contributed by atoms with Crippen LogP contribution >= 0.6 is 0 Å². The van der Waals surface area contributed by atoms with Crippen LogP contribution < -0.4 is 0 Å². The van der Waals surface area contributed by atoms with Crippen molar-refractivity contribution >= 4 is 5.78 Å². The molecule has 3 unspecified atom stereocenters. The van der Waals surface area contributed by atoms with Gasteiger partial charge in [-0.05, 0) is 47.8 Å². The van der Waals surface area contributed by atoms with Gasteiger partial charge in [0.2, 0.25) is 0 Å². The first kappa shape index (κ1) is 18.1. The second-order valence-electron chi connectivity index (χ2n) is 7.99. The molecule has 1 aliphatic carbocycles. The van der Waals surface area contributed by atoms with E-state index >= 15 is 0 Å². The Morgan fingerprint density at radius 3 is 2.30 bits per heavy atom. The van der Waals surface area contributed by atoms with E-state index in [0.717, 1.165) is 12.5 Å². The largest absolute Gasteiger partial charge is 0.366 e. The molecule has 128 valence electrons. The van der Waals surface area contributed by atoms with E-state index in [0.29, 0.717) is 30.2 Å². The summed E-state index contributed by atoms with van der Waals surface area (Å²) in [6.07, 6.45) is 1.78. The van der Waals surface area contributed by atoms with Crippen molar-refractivity contribution in [1.29, 1.82) is 0 Å². The van der Waals surface area contributed by atoms with Gasteiger partial charge < -0.3 is 4.74 Å². The molecule has 0 spiro atoms. The Balaban J connectivity index is 2.00. The molecule has 0 aliphatic heterocycles. The maximum atomic E-state index is 13.2. The van der Waals surface area contributed by atoms with E-state index < -0.39 is 17.7 Å². The first-order valence-corrected chi connectivity index (χ1v) is 8.23. The van der Waals surface area contributed by atoms with Crippen molar-refractivity contribution in [3.63, 3.8) is 0 Å². The Bertz CT molecular complexity index is 543. The van der Waals surface area contributed by atoms with E-state index in [1.54, 1.807) is 0 Å². The lowest BCUT2D eigenvalue weighted by molar-refractivity contribution is -0.134. The van der Waals surface area contributed by atoms with Crippen molar-refractivity contribution in [2.45, 2.75) is 59.7 Å². The van der Waals surface area contributed by atoms with Gasteiger partial charge in [-0.2, -0.15) is 0 Å². The van der Waals surface area contributed by atoms with Crippen LogP contribution in [0, 0.1) is 28.9 Å². The SMILES string of the molecule is CC1CC1CC(OCc1cc(F)cc(F)c1)C(=O)CC(C)(C)C. The molecule has 1 saturated carbocycles. The lowest BCUT2D eigenvalue weighted by atomic mass is 9.87. The minimum absolute atomic E-state index is 0.0519. The molecule has 0 aromatic heterocycles. The van der Waals surface area contributed by atoms with Gasteiger partial charge in [0.15, 0.2) is 5.78 Å². The van der Waals surface area contributed by atoms with Gasteiger partial charge in [0, 0.05) is 12.5 Å². The molecule has 2 rings (SSSR count). The number of Topliss-reactive ketones (excluding diaryl/α,β-unsaturated/α-hetero) is 1. The third-order valence-electron chi connectivity index (χ3n) is 4.23. The minimum Gasteiger partial charge on any atom is -0.366 e. The zero-order chi connectivity index (χ0) is 17.2. The van der Waals surface area contributed by atoms with E-state index in [1.165, 1.54) is 12.1 Å². The van der Waals surface area contributed by atoms with Crippen molar-refractivity contribution in [2.24, 2.45) is 17.3 Å². The topological polar surface area (TPSA) is 26.3 Å². The molecular formula is C19H26F2O2. The smallest absolute Gasteiger partial charge is 0.162 e. The highest BCUT2D eigenvalue weighted by molar-refractivity contribution is 5.83. The summed E-state index contributed by atoms with van der Waals surface area (Å²) in [5.74, 6) is -0.0224. The molecule has 1 aromatic rings. The number of carbonyl (C=O) groups excluding carboxylic acids is 1. The molecule has 0 bridgehead atoms. The number of carbonyl (C=O) groups is 1. The number of ketones is 1. The molecule has 0 radical (unpaired) electrons. The van der Waals surface area contributed by atoms with E-state index in [9.17, 15) is 13.6 Å². The Hall–Kier alpha value is -1.29. The number of ether oxygens (including phenoxy) is 1. The third kappa shape index (κ3) is 6.02. The number of rotatable bonds is 7. The van der Waals surface area contributed by atoms with Gasteiger partial charge in [-0.25, -0.2) is 8.78 Å². The second kappa shape index (κ2) is 7.08. The van der Waals surface area contributed by atoms with Crippen molar-refractivity contribution < 1.29 is 18.3 Å². The van der Waals surface area contributed by atoms with Gasteiger partial charge in [0.05, 0.1) is 6.61 Å². The number of hydrogen-bond donors (Lipinski definition) is 0. The van der Waals surface area contributed by atoms with E-state index in [1.807, 2.05) is 20.8 Å². The predicted octanol–water partition coefficient (Wildman–Crippen LogP) is 4.90. The molecule has 4 heteroatoms. The minimum atomic E-state index is -0.628. The van der Waals surface area contributed by atoms with E-state index in [-0.39, 0.29) is 17.8 Å². The van der Waals surface area contributed by atoms with Crippen molar-refractivity contribution in [3.8, 4) is 0 Å². The lowest BCUT2D eigenvalue weighted by Crippen LogP contribution is -2.28. The molecular weight excluding hydrogens is 298 g/mol. The molecule has 1 aromatic carbocycles. The normalized spacial score (nSPS) is 22.0. The first-order valence-electron chi connectivity index (χ1n) is 8.23. The summed E-state index contributed by atoms with van der Waals surface area (Å²) in [6.45, 7) is 8.27. The second-order valence-corrected chi connectivity index (χ2v) is 7.99. The first-order chi connectivity index (χ1) is 10.6. The van der Waals surface area contributed by atoms with Gasteiger partial charge in [-0.1, -0.05) is 27.7 Å². The molecule has 0 N–H and O–H groups in total. The van der Waals surface area contributed by atoms with Crippen LogP contribution in [-0.2, 0) is 16.1 Å². The summed E-state index contributed by atoms with van der Waals surface area (Å²) in [7, 11) is 0. The summed E-state index contributed by atoms with van der Waals surface area (Å²) in [5, 5.41) is 0. The maximum absolute atomic E-state index is 13.2. The summed E-state index contributed by atoms with van der Waals surface area (Å²) in [5.41, 5.74) is 0.318. The van der Waals surface area contributed by atoms with Gasteiger partial charge in [0.25, 0.3) is 0 Å². The molecule has 23 heavy (non-hydrogen) atoms. The quantitative estimate of drug-likeness (QED) is 0.713. The summed E-state index contributed by atoms with van der Waals surface area (Å²) in [4.78, 5) is 12.5. The maximum Gasteiger partial charge on any atom is 0.162 e. The predicted molar refractivity (Wildman–Crippen MR) is 85.9 cm³/mol. The van der Waals surface area contributed by atoms with Gasteiger partial charge in [-0.3, -0.25) is 4.79 Å². The molecule has 0 saturated heterocycles. The van der Waals surface area contributed by atoms with Crippen LogP contribution in [0.25, 0.3) is 0 Å². The van der Waals surface area contributed by atoms with Crippen LogP contribution in [-0.4, -0.2) is 11.9 Å². The lowest BCUT2D eigenvalue weighted by Gasteiger charge is -2.22. The highest BCUT2D eigenvalue weighted by atomic mass is 19.1. The fraction of sp³-hybridized carbons (Fsp3) is 0.632. The highest BCUT2D eigenvalue weighted by Crippen LogP contribution is 2.42. The fourth-order valence-corrected chi connectivity index (χ4v) is 2.82. The summed E-state index contributed by atoms with van der Waals surface area (Å²) >= 11 is 0. The Morgan fingerprint density at radius 2 is 1.83 bits per heavy atom. The van der Waals surface area contributed by atoms with Crippen LogP contribution in [0.4, 0.5) is 8.78 Å². The van der Waals surface area contributed by atoms with Crippen LogP contribution in [0.1, 0.15) is 52.5 Å². The number of halogens is 2. The van der Waals surface area contributed by atoms with Crippen LogP contribution in [0.15, 0.2) is 18.2 Å². The monoisotopic (exact) mass is 324 g/mol. The van der Waals surface area contributed by atoms with Crippen molar-refractivity contribution in [1.82, 2.24) is 0 Å². The standard InChI is InChI=1S/C19H26F2O2/c1-12-5-14(12)8-18(17(22)10-19(2,3)4)23-11-13-6-15(20)9-16(21)7-13/h6-7,9,12,14,18H,5,8,10-11H2,1-4H3. The Labute approximate surface area is 137 Å². The third-order valence-corrected chi connectivity index (χ3v) is 4.23. The molecule has 1 aliphatic rings. The average molecular weight is 324 g/mol. The number of hydrogen-bond acceptors (Lipinski definition) is 2. The van der Waals surface area contributed by atoms with Crippen molar-refractivity contribution in [2.75, 3.05) is 0 Å². The molecule has 2 nitrogen and oxygen atoms in total.